The van der Waals surface area contributed by atoms with Crippen LogP contribution in [0.15, 0.2) is 0 Å². The monoisotopic (exact) mass is 266 g/mol. The SMILES string of the molecule is CC1CCC(C2CCC(C3CCCCC3)CO2)OC1. The summed E-state index contributed by atoms with van der Waals surface area (Å²) in [5, 5.41) is 0. The summed E-state index contributed by atoms with van der Waals surface area (Å²) < 4.78 is 12.2. The second-order valence-corrected chi connectivity index (χ2v) is 7.16. The van der Waals surface area contributed by atoms with Crippen molar-refractivity contribution in [3.8, 4) is 0 Å². The maximum atomic E-state index is 6.19. The molecule has 2 saturated heterocycles. The molecule has 2 nitrogen and oxygen atoms in total. The summed E-state index contributed by atoms with van der Waals surface area (Å²) in [5.74, 6) is 2.55. The van der Waals surface area contributed by atoms with Gasteiger partial charge in [0.1, 0.15) is 0 Å². The van der Waals surface area contributed by atoms with Crippen LogP contribution in [0.25, 0.3) is 0 Å². The first-order valence-corrected chi connectivity index (χ1v) is 8.56. The Hall–Kier alpha value is -0.0800. The molecule has 0 N–H and O–H groups in total. The highest BCUT2D eigenvalue weighted by Crippen LogP contribution is 2.37. The largest absolute Gasteiger partial charge is 0.375 e. The minimum atomic E-state index is 0.392. The van der Waals surface area contributed by atoms with E-state index < -0.39 is 0 Å². The van der Waals surface area contributed by atoms with Crippen LogP contribution in [0.5, 0.6) is 0 Å². The minimum Gasteiger partial charge on any atom is -0.375 e. The van der Waals surface area contributed by atoms with Gasteiger partial charge in [0.05, 0.1) is 18.8 Å². The van der Waals surface area contributed by atoms with Gasteiger partial charge in [-0.2, -0.15) is 0 Å². The number of ether oxygens (including phenoxy) is 2. The van der Waals surface area contributed by atoms with E-state index in [1.54, 1.807) is 0 Å². The molecule has 19 heavy (non-hydrogen) atoms. The summed E-state index contributed by atoms with van der Waals surface area (Å²) >= 11 is 0. The first-order valence-electron chi connectivity index (χ1n) is 8.56. The predicted molar refractivity (Wildman–Crippen MR) is 77.2 cm³/mol. The molecular formula is C17H30O2. The predicted octanol–water partition coefficient (Wildman–Crippen LogP) is 4.18. The van der Waals surface area contributed by atoms with E-state index in [1.165, 1.54) is 57.8 Å². The fourth-order valence-electron chi connectivity index (χ4n) is 4.26. The lowest BCUT2D eigenvalue weighted by Crippen LogP contribution is -2.41. The molecule has 3 fully saturated rings. The van der Waals surface area contributed by atoms with Crippen LogP contribution in [0.2, 0.25) is 0 Å². The van der Waals surface area contributed by atoms with Crippen molar-refractivity contribution in [3.05, 3.63) is 0 Å². The molecule has 0 amide bonds. The lowest BCUT2D eigenvalue weighted by molar-refractivity contribution is -0.135. The van der Waals surface area contributed by atoms with Crippen molar-refractivity contribution in [2.45, 2.75) is 76.9 Å². The Kier molecular flexibility index (Phi) is 4.81. The van der Waals surface area contributed by atoms with E-state index in [0.717, 1.165) is 31.0 Å². The Labute approximate surface area is 118 Å². The van der Waals surface area contributed by atoms with Gasteiger partial charge in [-0.15, -0.1) is 0 Å². The van der Waals surface area contributed by atoms with Gasteiger partial charge >= 0.3 is 0 Å². The zero-order chi connectivity index (χ0) is 13.1. The lowest BCUT2D eigenvalue weighted by Gasteiger charge is -2.40. The Morgan fingerprint density at radius 2 is 1.32 bits per heavy atom. The third-order valence-corrected chi connectivity index (χ3v) is 5.62. The standard InChI is InChI=1S/C17H30O2/c1-13-7-9-16(18-11-13)17-10-8-15(12-19-17)14-5-3-2-4-6-14/h13-17H,2-12H2,1H3. The highest BCUT2D eigenvalue weighted by atomic mass is 16.5. The number of hydrogen-bond donors (Lipinski definition) is 0. The van der Waals surface area contributed by atoms with Crippen molar-refractivity contribution < 1.29 is 9.47 Å². The second kappa shape index (κ2) is 6.58. The van der Waals surface area contributed by atoms with Crippen LogP contribution >= 0.6 is 0 Å². The Balaban J connectivity index is 1.44. The first kappa shape index (κ1) is 13.9. The lowest BCUT2D eigenvalue weighted by atomic mass is 9.76. The Morgan fingerprint density at radius 3 is 1.89 bits per heavy atom. The van der Waals surface area contributed by atoms with Crippen LogP contribution in [0.1, 0.15) is 64.7 Å². The molecule has 0 aromatic carbocycles. The van der Waals surface area contributed by atoms with Gasteiger partial charge in [0.15, 0.2) is 0 Å². The average molecular weight is 266 g/mol. The quantitative estimate of drug-likeness (QED) is 0.746. The van der Waals surface area contributed by atoms with Gasteiger partial charge in [-0.3, -0.25) is 0 Å². The van der Waals surface area contributed by atoms with Crippen LogP contribution < -0.4 is 0 Å². The molecule has 2 heteroatoms. The minimum absolute atomic E-state index is 0.392. The van der Waals surface area contributed by atoms with E-state index in [9.17, 15) is 0 Å². The van der Waals surface area contributed by atoms with Crippen molar-refractivity contribution in [2.24, 2.45) is 17.8 Å². The molecule has 2 aliphatic heterocycles. The van der Waals surface area contributed by atoms with Crippen molar-refractivity contribution in [2.75, 3.05) is 13.2 Å². The van der Waals surface area contributed by atoms with Gasteiger partial charge in [-0.05, 0) is 43.4 Å². The topological polar surface area (TPSA) is 18.5 Å². The van der Waals surface area contributed by atoms with Crippen molar-refractivity contribution in [1.29, 1.82) is 0 Å². The van der Waals surface area contributed by atoms with Gasteiger partial charge in [0, 0.05) is 6.61 Å². The summed E-state index contributed by atoms with van der Waals surface area (Å²) in [6.45, 7) is 4.23. The van der Waals surface area contributed by atoms with Crippen molar-refractivity contribution in [1.82, 2.24) is 0 Å². The van der Waals surface area contributed by atoms with Crippen LogP contribution in [-0.2, 0) is 9.47 Å². The van der Waals surface area contributed by atoms with E-state index in [2.05, 4.69) is 6.92 Å². The third kappa shape index (κ3) is 3.52. The molecule has 4 atom stereocenters. The summed E-state index contributed by atoms with van der Waals surface area (Å²) in [6, 6.07) is 0. The molecule has 0 aromatic heterocycles. The van der Waals surface area contributed by atoms with Crippen LogP contribution in [0.3, 0.4) is 0 Å². The summed E-state index contributed by atoms with van der Waals surface area (Å²) in [7, 11) is 0. The molecule has 0 spiro atoms. The Bertz CT molecular complexity index is 256. The van der Waals surface area contributed by atoms with Crippen molar-refractivity contribution in [3.63, 3.8) is 0 Å². The number of rotatable bonds is 2. The van der Waals surface area contributed by atoms with Gasteiger partial charge in [0.25, 0.3) is 0 Å². The van der Waals surface area contributed by atoms with E-state index in [0.29, 0.717) is 12.2 Å². The van der Waals surface area contributed by atoms with Gasteiger partial charge < -0.3 is 9.47 Å². The van der Waals surface area contributed by atoms with E-state index in [4.69, 9.17) is 9.47 Å². The molecule has 0 bridgehead atoms. The zero-order valence-corrected chi connectivity index (χ0v) is 12.5. The molecule has 0 radical (unpaired) electrons. The van der Waals surface area contributed by atoms with Gasteiger partial charge in [-0.25, -0.2) is 0 Å². The maximum Gasteiger partial charge on any atom is 0.0836 e. The molecule has 1 aliphatic carbocycles. The number of hydrogen-bond acceptors (Lipinski definition) is 2. The summed E-state index contributed by atoms with van der Waals surface area (Å²) in [6.07, 6.45) is 13.2. The van der Waals surface area contributed by atoms with Crippen LogP contribution in [-0.4, -0.2) is 25.4 Å². The zero-order valence-electron chi connectivity index (χ0n) is 12.5. The third-order valence-electron chi connectivity index (χ3n) is 5.62. The molecule has 2 heterocycles. The van der Waals surface area contributed by atoms with Crippen LogP contribution in [0, 0.1) is 17.8 Å². The second-order valence-electron chi connectivity index (χ2n) is 7.16. The normalized spacial score (nSPS) is 42.2. The summed E-state index contributed by atoms with van der Waals surface area (Å²) in [5.41, 5.74) is 0. The summed E-state index contributed by atoms with van der Waals surface area (Å²) in [4.78, 5) is 0. The fourth-order valence-corrected chi connectivity index (χ4v) is 4.26. The molecular weight excluding hydrogens is 236 g/mol. The smallest absolute Gasteiger partial charge is 0.0836 e. The van der Waals surface area contributed by atoms with E-state index in [1.807, 2.05) is 0 Å². The molecule has 3 aliphatic rings. The van der Waals surface area contributed by atoms with Gasteiger partial charge in [-0.1, -0.05) is 39.0 Å². The van der Waals surface area contributed by atoms with E-state index >= 15 is 0 Å². The molecule has 3 rings (SSSR count). The first-order chi connectivity index (χ1) is 9.33. The molecule has 110 valence electrons. The molecule has 1 saturated carbocycles. The maximum absolute atomic E-state index is 6.19. The average Bonchev–Trinajstić information content (AvgIpc) is 2.49. The molecule has 0 aromatic rings. The van der Waals surface area contributed by atoms with Gasteiger partial charge in [0.2, 0.25) is 0 Å². The van der Waals surface area contributed by atoms with Crippen LogP contribution in [0.4, 0.5) is 0 Å². The molecule has 4 unspecified atom stereocenters. The highest BCUT2D eigenvalue weighted by Gasteiger charge is 2.34. The fraction of sp³-hybridized carbons (Fsp3) is 1.00. The highest BCUT2D eigenvalue weighted by molar-refractivity contribution is 4.83. The van der Waals surface area contributed by atoms with Crippen molar-refractivity contribution >= 4 is 0 Å². The Morgan fingerprint density at radius 1 is 0.632 bits per heavy atom. The van der Waals surface area contributed by atoms with E-state index in [-0.39, 0.29) is 0 Å².